The smallest absolute Gasteiger partial charge is 0.220 e. The third-order valence-electron chi connectivity index (χ3n) is 10.9. The van der Waals surface area contributed by atoms with E-state index in [0.717, 1.165) is 77.0 Å². The fourth-order valence-corrected chi connectivity index (χ4v) is 7.08. The number of ether oxygens (including phenoxy) is 4. The van der Waals surface area contributed by atoms with Crippen molar-refractivity contribution in [2.24, 2.45) is 0 Å². The van der Waals surface area contributed by atoms with Gasteiger partial charge in [-0.1, -0.05) is 132 Å². The molecule has 12 atom stereocenters. The molecule has 2 heterocycles. The molecule has 0 aromatic rings. The summed E-state index contributed by atoms with van der Waals surface area (Å²) in [7, 11) is 0. The van der Waals surface area contributed by atoms with E-state index in [1.54, 1.807) is 6.08 Å². The first-order chi connectivity index (χ1) is 30.1. The molecule has 0 bridgehead atoms. The van der Waals surface area contributed by atoms with Crippen molar-refractivity contribution < 1.29 is 64.6 Å². The van der Waals surface area contributed by atoms with E-state index in [9.17, 15) is 45.6 Å². The monoisotopic (exact) mass is 880 g/mol. The number of hydrogen-bond donors (Lipinski definition) is 9. The third kappa shape index (κ3) is 22.4. The molecule has 2 rings (SSSR count). The Hall–Kier alpha value is -2.57. The highest BCUT2D eigenvalue weighted by Gasteiger charge is 2.50. The Labute approximate surface area is 370 Å². The van der Waals surface area contributed by atoms with Crippen molar-refractivity contribution in [1.29, 1.82) is 0 Å². The summed E-state index contributed by atoms with van der Waals surface area (Å²) in [4.78, 5) is 13.1. The summed E-state index contributed by atoms with van der Waals surface area (Å²) in [6.07, 6.45) is 25.3. The predicted molar refractivity (Wildman–Crippen MR) is 240 cm³/mol. The molecule has 356 valence electrons. The van der Waals surface area contributed by atoms with Gasteiger partial charge in [0.1, 0.15) is 48.8 Å². The van der Waals surface area contributed by atoms with Crippen LogP contribution in [-0.4, -0.2) is 140 Å². The number of unbranched alkanes of at least 4 members (excludes halogenated alkanes) is 10. The largest absolute Gasteiger partial charge is 0.394 e. The van der Waals surface area contributed by atoms with Crippen LogP contribution in [0.4, 0.5) is 0 Å². The standard InChI is InChI=1S/C48H81NO13/c1-3-5-7-9-11-13-14-15-16-17-18-19-20-21-22-24-26-28-30-32-40(53)49-36(37(52)31-29-27-25-23-12-10-8-6-4-2)35-59-47-45(58)43(56)46(39(34-51)61-47)62-48-44(57)42(55)41(54)38(33-50)60-48/h5,7,11,13,15-16,18-19,21-22,29,31,36-39,41-48,50-52,54-58H,3-4,6,8-10,12,14,17,20,23-28,30,32-35H2,1-2H3,(H,49,53)/b7-5-,13-11-,16-15-,19-18-,22-21-,31-29+. The molecule has 9 N–H and O–H groups in total. The van der Waals surface area contributed by atoms with E-state index >= 15 is 0 Å². The number of aliphatic hydroxyl groups excluding tert-OH is 8. The van der Waals surface area contributed by atoms with E-state index in [4.69, 9.17) is 18.9 Å². The normalized spacial score (nSPS) is 28.4. The van der Waals surface area contributed by atoms with Crippen LogP contribution in [0.25, 0.3) is 0 Å². The molecule has 0 radical (unpaired) electrons. The van der Waals surface area contributed by atoms with Crippen molar-refractivity contribution in [2.75, 3.05) is 19.8 Å². The Morgan fingerprint density at radius 2 is 1.11 bits per heavy atom. The van der Waals surface area contributed by atoms with E-state index in [-0.39, 0.29) is 18.9 Å². The number of amides is 1. The Morgan fingerprint density at radius 1 is 0.597 bits per heavy atom. The minimum atomic E-state index is -1.79. The van der Waals surface area contributed by atoms with Gasteiger partial charge in [-0.25, -0.2) is 0 Å². The Bertz CT molecular complexity index is 1320. The van der Waals surface area contributed by atoms with Crippen molar-refractivity contribution >= 4 is 5.91 Å². The second-order valence-electron chi connectivity index (χ2n) is 16.1. The summed E-state index contributed by atoms with van der Waals surface area (Å²) in [6, 6.07) is -0.933. The number of carbonyl (C=O) groups is 1. The van der Waals surface area contributed by atoms with Crippen LogP contribution in [0.3, 0.4) is 0 Å². The van der Waals surface area contributed by atoms with E-state index in [1.807, 2.05) is 6.08 Å². The molecule has 1 amide bonds. The van der Waals surface area contributed by atoms with Crippen LogP contribution in [0.15, 0.2) is 72.9 Å². The molecule has 62 heavy (non-hydrogen) atoms. The average Bonchev–Trinajstić information content (AvgIpc) is 3.27. The lowest BCUT2D eigenvalue weighted by atomic mass is 9.97. The first-order valence-corrected chi connectivity index (χ1v) is 23.2. The van der Waals surface area contributed by atoms with Crippen molar-refractivity contribution in [3.05, 3.63) is 72.9 Å². The first-order valence-electron chi connectivity index (χ1n) is 23.2. The van der Waals surface area contributed by atoms with Gasteiger partial charge in [-0.2, -0.15) is 0 Å². The molecule has 2 aliphatic rings. The number of hydrogen-bond acceptors (Lipinski definition) is 13. The van der Waals surface area contributed by atoms with Gasteiger partial charge in [0.15, 0.2) is 12.6 Å². The molecule has 0 spiro atoms. The molecule has 0 saturated carbocycles. The zero-order valence-electron chi connectivity index (χ0n) is 37.3. The summed E-state index contributed by atoms with van der Waals surface area (Å²) in [5.74, 6) is -0.278. The topological polar surface area (TPSA) is 228 Å². The van der Waals surface area contributed by atoms with Gasteiger partial charge in [0.2, 0.25) is 5.91 Å². The van der Waals surface area contributed by atoms with Crippen molar-refractivity contribution in [3.63, 3.8) is 0 Å². The summed E-state index contributed by atoms with van der Waals surface area (Å²) < 4.78 is 22.6. The fourth-order valence-electron chi connectivity index (χ4n) is 7.08. The number of aliphatic hydroxyl groups is 8. The number of nitrogens with one attached hydrogen (secondary N) is 1. The molecule has 2 saturated heterocycles. The number of carbonyl (C=O) groups excluding carboxylic acids is 1. The minimum Gasteiger partial charge on any atom is -0.394 e. The second-order valence-corrected chi connectivity index (χ2v) is 16.1. The molecular weight excluding hydrogens is 799 g/mol. The molecule has 0 aromatic carbocycles. The zero-order valence-corrected chi connectivity index (χ0v) is 37.3. The third-order valence-corrected chi connectivity index (χ3v) is 10.9. The van der Waals surface area contributed by atoms with Gasteiger partial charge in [0.25, 0.3) is 0 Å². The molecular formula is C48H81NO13. The highest BCUT2D eigenvalue weighted by Crippen LogP contribution is 2.30. The maximum Gasteiger partial charge on any atom is 0.220 e. The van der Waals surface area contributed by atoms with Gasteiger partial charge in [-0.05, 0) is 64.2 Å². The lowest BCUT2D eigenvalue weighted by Crippen LogP contribution is -2.65. The first kappa shape index (κ1) is 55.6. The molecule has 2 aliphatic heterocycles. The summed E-state index contributed by atoms with van der Waals surface area (Å²) in [6.45, 7) is 2.57. The average molecular weight is 880 g/mol. The minimum absolute atomic E-state index is 0.238. The van der Waals surface area contributed by atoms with Gasteiger partial charge < -0.3 is 65.1 Å². The van der Waals surface area contributed by atoms with Crippen molar-refractivity contribution in [3.8, 4) is 0 Å². The maximum absolute atomic E-state index is 13.1. The van der Waals surface area contributed by atoms with Gasteiger partial charge >= 0.3 is 0 Å². The van der Waals surface area contributed by atoms with E-state index in [2.05, 4.69) is 79.9 Å². The summed E-state index contributed by atoms with van der Waals surface area (Å²) in [5, 5.41) is 86.3. The van der Waals surface area contributed by atoms with Crippen LogP contribution in [0.1, 0.15) is 129 Å². The number of allylic oxidation sites excluding steroid dienone is 11. The molecule has 0 aliphatic carbocycles. The van der Waals surface area contributed by atoms with E-state index in [0.29, 0.717) is 6.42 Å². The highest BCUT2D eigenvalue weighted by molar-refractivity contribution is 5.76. The highest BCUT2D eigenvalue weighted by atomic mass is 16.7. The predicted octanol–water partition coefficient (Wildman–Crippen LogP) is 4.87. The van der Waals surface area contributed by atoms with Crippen LogP contribution >= 0.6 is 0 Å². The lowest BCUT2D eigenvalue weighted by molar-refractivity contribution is -0.359. The van der Waals surface area contributed by atoms with Crippen LogP contribution < -0.4 is 5.32 Å². The zero-order chi connectivity index (χ0) is 45.4. The van der Waals surface area contributed by atoms with Gasteiger partial charge in [-0.15, -0.1) is 0 Å². The van der Waals surface area contributed by atoms with Crippen molar-refractivity contribution in [1.82, 2.24) is 5.32 Å². The molecule has 14 heteroatoms. The van der Waals surface area contributed by atoms with Crippen LogP contribution in [-0.2, 0) is 23.7 Å². The summed E-state index contributed by atoms with van der Waals surface area (Å²) >= 11 is 0. The molecule has 12 unspecified atom stereocenters. The van der Waals surface area contributed by atoms with E-state index in [1.165, 1.54) is 25.7 Å². The quantitative estimate of drug-likeness (QED) is 0.0317. The maximum atomic E-state index is 13.1. The molecule has 2 fully saturated rings. The van der Waals surface area contributed by atoms with Crippen LogP contribution in [0.2, 0.25) is 0 Å². The molecule has 14 nitrogen and oxygen atoms in total. The Balaban J connectivity index is 1.87. The van der Waals surface area contributed by atoms with Gasteiger partial charge in [0, 0.05) is 6.42 Å². The fraction of sp³-hybridized carbons (Fsp3) is 0.729. The van der Waals surface area contributed by atoms with E-state index < -0.39 is 86.8 Å². The Kier molecular flexibility index (Phi) is 31.2. The molecule has 0 aromatic heterocycles. The summed E-state index contributed by atoms with van der Waals surface area (Å²) in [5.41, 5.74) is 0. The van der Waals surface area contributed by atoms with Gasteiger partial charge in [-0.3, -0.25) is 4.79 Å². The number of rotatable bonds is 33. The lowest BCUT2D eigenvalue weighted by Gasteiger charge is -2.46. The van der Waals surface area contributed by atoms with Crippen LogP contribution in [0.5, 0.6) is 0 Å². The van der Waals surface area contributed by atoms with Crippen molar-refractivity contribution in [2.45, 2.75) is 203 Å². The van der Waals surface area contributed by atoms with Crippen LogP contribution in [0, 0.1) is 0 Å². The van der Waals surface area contributed by atoms with Gasteiger partial charge in [0.05, 0.1) is 32.0 Å². The SMILES string of the molecule is CC/C=C\C/C=C\C/C=C\C/C=C\C/C=C\CCCCCC(=O)NC(COC1OC(CO)C(OC2OC(CO)C(O)C(O)C2O)C(O)C1O)C(O)/C=C/CCCCCCCCC. The second kappa shape index (κ2) is 34.8. The Morgan fingerprint density at radius 3 is 1.71 bits per heavy atom.